The molecule has 0 spiro atoms. The van der Waals surface area contributed by atoms with Crippen molar-refractivity contribution in [2.75, 3.05) is 5.32 Å². The summed E-state index contributed by atoms with van der Waals surface area (Å²) in [7, 11) is 0. The van der Waals surface area contributed by atoms with Crippen LogP contribution in [0, 0.1) is 12.8 Å². The minimum absolute atomic E-state index is 0.000650. The lowest BCUT2D eigenvalue weighted by Gasteiger charge is -2.03. The fraction of sp³-hybridized carbons (Fsp3) is 0.476. The van der Waals surface area contributed by atoms with E-state index >= 15 is 0 Å². The van der Waals surface area contributed by atoms with Crippen LogP contribution in [0.3, 0.4) is 0 Å². The number of pyridine rings is 1. The number of amides is 2. The monoisotopic (exact) mass is 437 g/mol. The minimum Gasteiger partial charge on any atom is -0.345 e. The quantitative estimate of drug-likeness (QED) is 0.436. The predicted octanol–water partition coefficient (Wildman–Crippen LogP) is 1.72. The second-order valence-electron chi connectivity index (χ2n) is 8.15. The zero-order valence-corrected chi connectivity index (χ0v) is 18.1. The van der Waals surface area contributed by atoms with Crippen LogP contribution >= 0.6 is 0 Å². The van der Waals surface area contributed by atoms with E-state index in [0.717, 1.165) is 36.9 Å². The molecule has 1 aliphatic rings. The molecule has 2 N–H and O–H groups in total. The van der Waals surface area contributed by atoms with Gasteiger partial charge in [-0.05, 0) is 50.2 Å². The van der Waals surface area contributed by atoms with Crippen LogP contribution < -0.4 is 10.6 Å². The Morgan fingerprint density at radius 2 is 1.81 bits per heavy atom. The molecule has 168 valence electrons. The molecule has 0 aromatic carbocycles. The number of hydrogen-bond donors (Lipinski definition) is 2. The molecule has 1 fully saturated rings. The van der Waals surface area contributed by atoms with Crippen molar-refractivity contribution in [3.05, 3.63) is 47.7 Å². The summed E-state index contributed by atoms with van der Waals surface area (Å²) < 4.78 is 3.37. The van der Waals surface area contributed by atoms with Crippen molar-refractivity contribution >= 4 is 17.6 Å². The van der Waals surface area contributed by atoms with E-state index in [-0.39, 0.29) is 17.5 Å². The van der Waals surface area contributed by atoms with E-state index in [1.807, 2.05) is 19.1 Å². The number of carbonyl (C=O) groups excluding carboxylic acids is 2. The third-order valence-corrected chi connectivity index (χ3v) is 5.18. The summed E-state index contributed by atoms with van der Waals surface area (Å²) in [5.74, 6) is 0.750. The Bertz CT molecular complexity index is 1050. The highest BCUT2D eigenvalue weighted by Gasteiger charge is 2.24. The second kappa shape index (κ2) is 10.1. The van der Waals surface area contributed by atoms with E-state index in [1.165, 1.54) is 0 Å². The Kier molecular flexibility index (Phi) is 6.83. The number of carbonyl (C=O) groups is 2. The van der Waals surface area contributed by atoms with Gasteiger partial charge in [-0.25, -0.2) is 0 Å². The molecule has 1 saturated carbocycles. The molecule has 2 amide bonds. The topological polar surface area (TPSA) is 133 Å². The number of anilines is 1. The van der Waals surface area contributed by atoms with Crippen molar-refractivity contribution in [2.45, 2.75) is 58.7 Å². The van der Waals surface area contributed by atoms with Crippen LogP contribution in [0.25, 0.3) is 0 Å². The van der Waals surface area contributed by atoms with Gasteiger partial charge in [-0.3, -0.25) is 23.9 Å². The number of unbranched alkanes of at least 4 members (excludes halogenated alkanes) is 1. The summed E-state index contributed by atoms with van der Waals surface area (Å²) in [6, 6.07) is 3.84. The van der Waals surface area contributed by atoms with E-state index in [2.05, 4.69) is 36.2 Å². The summed E-state index contributed by atoms with van der Waals surface area (Å²) >= 11 is 0. The Morgan fingerprint density at radius 1 is 1.06 bits per heavy atom. The molecule has 0 unspecified atom stereocenters. The van der Waals surface area contributed by atoms with Crippen molar-refractivity contribution in [3.8, 4) is 0 Å². The van der Waals surface area contributed by atoms with Crippen LogP contribution in [-0.2, 0) is 24.4 Å². The van der Waals surface area contributed by atoms with Gasteiger partial charge >= 0.3 is 0 Å². The Morgan fingerprint density at radius 3 is 2.53 bits per heavy atom. The maximum absolute atomic E-state index is 12.3. The number of rotatable bonds is 11. The average Bonchev–Trinajstić information content (AvgIpc) is 3.27. The first-order valence-corrected chi connectivity index (χ1v) is 10.8. The van der Waals surface area contributed by atoms with Gasteiger partial charge in [0.25, 0.3) is 5.91 Å². The van der Waals surface area contributed by atoms with Crippen LogP contribution in [-0.4, -0.2) is 46.8 Å². The molecule has 11 heteroatoms. The van der Waals surface area contributed by atoms with Crippen LogP contribution in [0.2, 0.25) is 0 Å². The smallest absolute Gasteiger partial charge is 0.273 e. The van der Waals surface area contributed by atoms with E-state index in [1.54, 1.807) is 28.0 Å². The summed E-state index contributed by atoms with van der Waals surface area (Å²) in [6.07, 6.45) is 9.68. The number of nitrogens with zero attached hydrogens (tertiary/aromatic N) is 7. The third kappa shape index (κ3) is 6.43. The summed E-state index contributed by atoms with van der Waals surface area (Å²) in [4.78, 5) is 28.3. The normalized spacial score (nSPS) is 13.2. The summed E-state index contributed by atoms with van der Waals surface area (Å²) in [5.41, 5.74) is 2.14. The van der Waals surface area contributed by atoms with Crippen LogP contribution in [0.5, 0.6) is 0 Å². The molecular formula is C21H27N9O2. The van der Waals surface area contributed by atoms with Gasteiger partial charge in [-0.2, -0.15) is 0 Å². The van der Waals surface area contributed by atoms with E-state index in [0.29, 0.717) is 37.8 Å². The van der Waals surface area contributed by atoms with E-state index in [9.17, 15) is 9.59 Å². The van der Waals surface area contributed by atoms with E-state index < -0.39 is 0 Å². The maximum atomic E-state index is 12.3. The molecule has 32 heavy (non-hydrogen) atoms. The van der Waals surface area contributed by atoms with Crippen molar-refractivity contribution < 1.29 is 9.59 Å². The molecule has 3 aromatic heterocycles. The largest absolute Gasteiger partial charge is 0.345 e. The molecule has 0 saturated heterocycles. The number of hydrogen-bond acceptors (Lipinski definition) is 7. The lowest BCUT2D eigenvalue weighted by atomic mass is 10.3. The van der Waals surface area contributed by atoms with Gasteiger partial charge in [0.05, 0.1) is 24.6 Å². The average molecular weight is 438 g/mol. The lowest BCUT2D eigenvalue weighted by Crippen LogP contribution is -2.23. The van der Waals surface area contributed by atoms with Crippen molar-refractivity contribution in [2.24, 2.45) is 5.92 Å². The molecule has 4 rings (SSSR count). The first kappa shape index (κ1) is 21.6. The Balaban J connectivity index is 1.15. The van der Waals surface area contributed by atoms with Gasteiger partial charge in [0.2, 0.25) is 5.91 Å². The third-order valence-electron chi connectivity index (χ3n) is 5.18. The highest BCUT2D eigenvalue weighted by Crippen LogP contribution is 2.32. The number of aryl methyl sites for hydroxylation is 3. The van der Waals surface area contributed by atoms with Crippen LogP contribution in [0.1, 0.15) is 53.8 Å². The zero-order chi connectivity index (χ0) is 22.3. The molecule has 1 aliphatic carbocycles. The Hall–Kier alpha value is -3.63. The van der Waals surface area contributed by atoms with Gasteiger partial charge in [-0.1, -0.05) is 16.5 Å². The first-order valence-electron chi connectivity index (χ1n) is 10.8. The molecular weight excluding hydrogens is 410 g/mol. The fourth-order valence-corrected chi connectivity index (χ4v) is 3.17. The van der Waals surface area contributed by atoms with Gasteiger partial charge in [-0.15, -0.1) is 10.2 Å². The molecule has 0 radical (unpaired) electrons. The van der Waals surface area contributed by atoms with Crippen molar-refractivity contribution in [1.82, 2.24) is 40.3 Å². The fourth-order valence-electron chi connectivity index (χ4n) is 3.17. The highest BCUT2D eigenvalue weighted by atomic mass is 16.2. The van der Waals surface area contributed by atoms with E-state index in [4.69, 9.17) is 0 Å². The highest BCUT2D eigenvalue weighted by molar-refractivity contribution is 5.91. The van der Waals surface area contributed by atoms with Gasteiger partial charge in [0.1, 0.15) is 0 Å². The molecule has 3 aromatic rings. The standard InChI is InChI=1S/C21H27N9O2/c1-15-4-7-17(22-11-15)12-23-21(32)18-13-29(27-25-18)8-2-3-9-30-14-19(26-28-30)24-20(31)10-16-5-6-16/h4,7,11,13-14,16H,2-3,5-6,8-10,12H2,1H3,(H,23,32)(H,24,31). The maximum Gasteiger partial charge on any atom is 0.273 e. The number of nitrogens with one attached hydrogen (secondary N) is 2. The summed E-state index contributed by atoms with van der Waals surface area (Å²) in [5, 5.41) is 21.6. The van der Waals surface area contributed by atoms with Gasteiger partial charge < -0.3 is 10.6 Å². The molecule has 0 aliphatic heterocycles. The van der Waals surface area contributed by atoms with Crippen LogP contribution in [0.4, 0.5) is 5.82 Å². The SMILES string of the molecule is Cc1ccc(CNC(=O)c2cn(CCCCn3cc(NC(=O)CC4CC4)nn3)nn2)nc1. The van der Waals surface area contributed by atoms with Gasteiger partial charge in [0.15, 0.2) is 11.5 Å². The van der Waals surface area contributed by atoms with Crippen LogP contribution in [0.15, 0.2) is 30.7 Å². The minimum atomic E-state index is -0.280. The number of aromatic nitrogens is 7. The molecule has 11 nitrogen and oxygen atoms in total. The Labute approximate surface area is 185 Å². The van der Waals surface area contributed by atoms with Crippen molar-refractivity contribution in [1.29, 1.82) is 0 Å². The molecule has 0 bridgehead atoms. The molecule has 3 heterocycles. The lowest BCUT2D eigenvalue weighted by molar-refractivity contribution is -0.116. The summed E-state index contributed by atoms with van der Waals surface area (Å²) in [6.45, 7) is 3.62. The molecule has 0 atom stereocenters. The first-order chi connectivity index (χ1) is 15.5. The zero-order valence-electron chi connectivity index (χ0n) is 18.1. The second-order valence-corrected chi connectivity index (χ2v) is 8.15. The predicted molar refractivity (Wildman–Crippen MR) is 115 cm³/mol. The van der Waals surface area contributed by atoms with Gasteiger partial charge in [0, 0.05) is 25.7 Å². The van der Waals surface area contributed by atoms with Crippen molar-refractivity contribution in [3.63, 3.8) is 0 Å².